The summed E-state index contributed by atoms with van der Waals surface area (Å²) in [5.41, 5.74) is -0.792. The molecule has 0 radical (unpaired) electrons. The summed E-state index contributed by atoms with van der Waals surface area (Å²) in [6.07, 6.45) is -3.28. The summed E-state index contributed by atoms with van der Waals surface area (Å²) in [5, 5.41) is -1.10. The molecule has 1 aromatic carbocycles. The molecule has 0 aliphatic carbocycles. The number of halogens is 4. The molecule has 152 valence electrons. The molecule has 1 atom stereocenters. The molecule has 1 saturated heterocycles. The van der Waals surface area contributed by atoms with E-state index in [0.717, 1.165) is 6.07 Å². The number of hydrogen-bond acceptors (Lipinski definition) is 4. The molecule has 0 saturated carbocycles. The molecular weight excluding hydrogens is 398 g/mol. The average Bonchev–Trinajstić information content (AvgIpc) is 2.67. The van der Waals surface area contributed by atoms with Crippen LogP contribution in [0, 0.1) is 5.82 Å². The van der Waals surface area contributed by atoms with Gasteiger partial charge >= 0.3 is 6.18 Å². The Labute approximate surface area is 160 Å². The summed E-state index contributed by atoms with van der Waals surface area (Å²) in [4.78, 5) is 5.26. The molecule has 2 aromatic rings. The van der Waals surface area contributed by atoms with Gasteiger partial charge in [-0.05, 0) is 25.1 Å². The van der Waals surface area contributed by atoms with Crippen LogP contribution in [0.5, 0.6) is 0 Å². The number of piperazine rings is 1. The van der Waals surface area contributed by atoms with E-state index in [9.17, 15) is 26.0 Å². The van der Waals surface area contributed by atoms with Crippen LogP contribution in [0.2, 0.25) is 0 Å². The van der Waals surface area contributed by atoms with Gasteiger partial charge < -0.3 is 4.90 Å². The van der Waals surface area contributed by atoms with Crippen LogP contribution >= 0.6 is 0 Å². The molecule has 3 rings (SSSR count). The first-order chi connectivity index (χ1) is 13.1. The van der Waals surface area contributed by atoms with Gasteiger partial charge in [-0.1, -0.05) is 18.2 Å². The average molecular weight is 417 g/mol. The summed E-state index contributed by atoms with van der Waals surface area (Å²) in [5.74, 6) is -0.824. The zero-order chi connectivity index (χ0) is 20.5. The Balaban J connectivity index is 1.76. The lowest BCUT2D eigenvalue weighted by Crippen LogP contribution is -2.50. The lowest BCUT2D eigenvalue weighted by atomic mass is 10.1. The first-order valence-electron chi connectivity index (χ1n) is 8.63. The van der Waals surface area contributed by atoms with Crippen LogP contribution in [0.4, 0.5) is 23.4 Å². The van der Waals surface area contributed by atoms with Crippen molar-refractivity contribution in [2.75, 3.05) is 31.1 Å². The van der Waals surface area contributed by atoms with E-state index in [2.05, 4.69) is 4.98 Å². The van der Waals surface area contributed by atoms with Gasteiger partial charge in [0, 0.05) is 37.9 Å². The number of sulfonamides is 1. The number of pyridine rings is 1. The Morgan fingerprint density at radius 3 is 2.29 bits per heavy atom. The van der Waals surface area contributed by atoms with Gasteiger partial charge in [-0.15, -0.1) is 0 Å². The number of benzene rings is 1. The van der Waals surface area contributed by atoms with Crippen LogP contribution in [0.15, 0.2) is 42.6 Å². The summed E-state index contributed by atoms with van der Waals surface area (Å²) < 4.78 is 80.4. The lowest BCUT2D eigenvalue weighted by Gasteiger charge is -2.36. The summed E-state index contributed by atoms with van der Waals surface area (Å²) >= 11 is 0. The molecule has 0 bridgehead atoms. The minimum absolute atomic E-state index is 0.00496. The Morgan fingerprint density at radius 1 is 1.04 bits per heavy atom. The Bertz CT molecular complexity index is 942. The van der Waals surface area contributed by atoms with Crippen molar-refractivity contribution in [3.8, 4) is 0 Å². The SMILES string of the molecule is CC(c1ccccc1F)S(=O)(=O)N1CCN(c2ncccc2C(F)(F)F)CC1. The fourth-order valence-corrected chi connectivity index (χ4v) is 4.84. The second kappa shape index (κ2) is 7.67. The lowest BCUT2D eigenvalue weighted by molar-refractivity contribution is -0.137. The third-order valence-corrected chi connectivity index (χ3v) is 7.01. The van der Waals surface area contributed by atoms with Gasteiger partial charge in [0.2, 0.25) is 10.0 Å². The summed E-state index contributed by atoms with van der Waals surface area (Å²) in [7, 11) is -3.86. The van der Waals surface area contributed by atoms with Crippen molar-refractivity contribution >= 4 is 15.8 Å². The Morgan fingerprint density at radius 2 is 1.68 bits per heavy atom. The molecule has 0 amide bonds. The monoisotopic (exact) mass is 417 g/mol. The first kappa shape index (κ1) is 20.5. The van der Waals surface area contributed by atoms with E-state index in [-0.39, 0.29) is 37.6 Å². The molecule has 10 heteroatoms. The predicted molar refractivity (Wildman–Crippen MR) is 96.8 cm³/mol. The van der Waals surface area contributed by atoms with E-state index >= 15 is 0 Å². The van der Waals surface area contributed by atoms with Crippen molar-refractivity contribution < 1.29 is 26.0 Å². The minimum atomic E-state index is -4.55. The molecule has 1 fully saturated rings. The first-order valence-corrected chi connectivity index (χ1v) is 10.1. The second-order valence-corrected chi connectivity index (χ2v) is 8.72. The maximum absolute atomic E-state index is 14.0. The summed E-state index contributed by atoms with van der Waals surface area (Å²) in [6.45, 7) is 1.51. The third-order valence-electron chi connectivity index (χ3n) is 4.78. The second-order valence-electron chi connectivity index (χ2n) is 6.47. The normalized spacial score (nSPS) is 17.5. The van der Waals surface area contributed by atoms with E-state index in [1.807, 2.05) is 0 Å². The van der Waals surface area contributed by atoms with E-state index in [1.165, 1.54) is 46.6 Å². The predicted octanol–water partition coefficient (Wildman–Crippen LogP) is 3.45. The van der Waals surface area contributed by atoms with Crippen LogP contribution < -0.4 is 4.90 Å². The highest BCUT2D eigenvalue weighted by molar-refractivity contribution is 7.89. The van der Waals surface area contributed by atoms with Gasteiger partial charge in [-0.2, -0.15) is 17.5 Å². The molecule has 0 spiro atoms. The fraction of sp³-hybridized carbons (Fsp3) is 0.389. The fourth-order valence-electron chi connectivity index (χ4n) is 3.21. The van der Waals surface area contributed by atoms with E-state index in [4.69, 9.17) is 0 Å². The van der Waals surface area contributed by atoms with Crippen LogP contribution in [0.3, 0.4) is 0 Å². The molecule has 0 N–H and O–H groups in total. The third kappa shape index (κ3) is 3.97. The van der Waals surface area contributed by atoms with Gasteiger partial charge in [0.1, 0.15) is 16.9 Å². The highest BCUT2D eigenvalue weighted by Gasteiger charge is 2.38. The van der Waals surface area contributed by atoms with Gasteiger partial charge in [0.25, 0.3) is 0 Å². The number of aromatic nitrogens is 1. The number of alkyl halides is 3. The summed E-state index contributed by atoms with van der Waals surface area (Å²) in [6, 6.07) is 7.80. The zero-order valence-corrected chi connectivity index (χ0v) is 15.8. The smallest absolute Gasteiger partial charge is 0.353 e. The number of nitrogens with zero attached hydrogens (tertiary/aromatic N) is 3. The Hall–Kier alpha value is -2.20. The minimum Gasteiger partial charge on any atom is -0.353 e. The molecule has 1 aliphatic heterocycles. The maximum Gasteiger partial charge on any atom is 0.419 e. The molecular formula is C18H19F4N3O2S. The maximum atomic E-state index is 14.0. The van der Waals surface area contributed by atoms with Crippen molar-refractivity contribution in [2.24, 2.45) is 0 Å². The standard InChI is InChI=1S/C18H19F4N3O2S/c1-13(14-5-2-3-7-16(14)19)28(26,27)25-11-9-24(10-12-25)17-15(18(20,21)22)6-4-8-23-17/h2-8,13H,9-12H2,1H3. The molecule has 2 heterocycles. The molecule has 1 unspecified atom stereocenters. The molecule has 1 aliphatic rings. The van der Waals surface area contributed by atoms with Gasteiger partial charge in [-0.3, -0.25) is 0 Å². The van der Waals surface area contributed by atoms with Crippen molar-refractivity contribution in [1.82, 2.24) is 9.29 Å². The van der Waals surface area contributed by atoms with Gasteiger partial charge in [0.05, 0.1) is 5.56 Å². The highest BCUT2D eigenvalue weighted by Crippen LogP contribution is 2.36. The van der Waals surface area contributed by atoms with Gasteiger partial charge in [-0.25, -0.2) is 17.8 Å². The topological polar surface area (TPSA) is 53.5 Å². The van der Waals surface area contributed by atoms with Gasteiger partial charge in [0.15, 0.2) is 0 Å². The van der Waals surface area contributed by atoms with Crippen molar-refractivity contribution in [3.63, 3.8) is 0 Å². The highest BCUT2D eigenvalue weighted by atomic mass is 32.2. The largest absolute Gasteiger partial charge is 0.419 e. The van der Waals surface area contributed by atoms with Crippen LogP contribution in [-0.2, 0) is 16.2 Å². The van der Waals surface area contributed by atoms with E-state index in [1.54, 1.807) is 6.07 Å². The molecule has 1 aromatic heterocycles. The Kier molecular flexibility index (Phi) is 5.62. The number of anilines is 1. The molecule has 5 nitrogen and oxygen atoms in total. The van der Waals surface area contributed by atoms with Crippen LogP contribution in [0.1, 0.15) is 23.3 Å². The van der Waals surface area contributed by atoms with Crippen LogP contribution in [0.25, 0.3) is 0 Å². The van der Waals surface area contributed by atoms with E-state index < -0.39 is 32.8 Å². The zero-order valence-electron chi connectivity index (χ0n) is 15.0. The van der Waals surface area contributed by atoms with Crippen molar-refractivity contribution in [1.29, 1.82) is 0 Å². The number of rotatable bonds is 4. The van der Waals surface area contributed by atoms with Crippen molar-refractivity contribution in [3.05, 3.63) is 59.5 Å². The number of hydrogen-bond donors (Lipinski definition) is 0. The van der Waals surface area contributed by atoms with E-state index in [0.29, 0.717) is 0 Å². The quantitative estimate of drug-likeness (QED) is 0.715. The van der Waals surface area contributed by atoms with Crippen LogP contribution in [-0.4, -0.2) is 43.9 Å². The molecule has 28 heavy (non-hydrogen) atoms. The van der Waals surface area contributed by atoms with Crippen molar-refractivity contribution in [2.45, 2.75) is 18.3 Å².